The van der Waals surface area contributed by atoms with E-state index in [0.717, 1.165) is 19.4 Å². The van der Waals surface area contributed by atoms with Gasteiger partial charge in [-0.15, -0.1) is 0 Å². The van der Waals surface area contributed by atoms with Gasteiger partial charge in [0, 0.05) is 55.9 Å². The highest BCUT2D eigenvalue weighted by atomic mass is 35.5. The summed E-state index contributed by atoms with van der Waals surface area (Å²) in [7, 11) is 4.67. The second kappa shape index (κ2) is 12.7. The monoisotopic (exact) mass is 606 g/mol. The van der Waals surface area contributed by atoms with Gasteiger partial charge in [-0.05, 0) is 46.2 Å². The Kier molecular flexibility index (Phi) is 9.51. The molecule has 1 saturated heterocycles. The van der Waals surface area contributed by atoms with Crippen molar-refractivity contribution >= 4 is 46.3 Å². The number of benzene rings is 1. The van der Waals surface area contributed by atoms with Crippen LogP contribution in [-0.4, -0.2) is 78.1 Å². The van der Waals surface area contributed by atoms with Gasteiger partial charge in [-0.1, -0.05) is 23.2 Å². The summed E-state index contributed by atoms with van der Waals surface area (Å²) in [5.41, 5.74) is 0.160. The van der Waals surface area contributed by atoms with Gasteiger partial charge in [0.1, 0.15) is 22.7 Å². The number of anilines is 1. The first-order valence-electron chi connectivity index (χ1n) is 13.4. The molecule has 1 amide bonds. The van der Waals surface area contributed by atoms with Crippen LogP contribution in [0.2, 0.25) is 10.0 Å². The smallest absolute Gasteiger partial charge is 0.407 e. The first kappa shape index (κ1) is 30.7. The fourth-order valence-electron chi connectivity index (χ4n) is 4.88. The van der Waals surface area contributed by atoms with Crippen LogP contribution in [0.3, 0.4) is 0 Å². The predicted octanol–water partition coefficient (Wildman–Crippen LogP) is 4.81. The molecule has 1 aromatic carbocycles. The summed E-state index contributed by atoms with van der Waals surface area (Å²) in [6, 6.07) is 3.20. The number of ether oxygens (including phenoxy) is 3. The standard InChI is InChI=1S/C28H36Cl2N6O5/c1-28(2,3)41-27(38)33-17-8-7-9-35(15-17)10-11-36-24-16(14-32-26(31-4)34-24)12-18(25(36)37)21-22(29)19(39-5)13-20(40-6)23(21)30/h12-14,17H,7-11,15H2,1-6H3,(H,33,38)(H,31,32,34)/t17-/m1/s1. The number of hydrogen-bond acceptors (Lipinski definition) is 9. The molecule has 1 aliphatic heterocycles. The van der Waals surface area contributed by atoms with E-state index in [9.17, 15) is 9.59 Å². The highest BCUT2D eigenvalue weighted by Gasteiger charge is 2.26. The molecule has 0 aliphatic carbocycles. The lowest BCUT2D eigenvalue weighted by Crippen LogP contribution is -2.49. The van der Waals surface area contributed by atoms with Gasteiger partial charge < -0.3 is 24.8 Å². The molecule has 1 fully saturated rings. The molecule has 0 bridgehead atoms. The molecule has 2 N–H and O–H groups in total. The summed E-state index contributed by atoms with van der Waals surface area (Å²) in [6.07, 6.45) is 2.96. The molecule has 0 saturated carbocycles. The third kappa shape index (κ3) is 6.97. The lowest BCUT2D eigenvalue weighted by atomic mass is 10.0. The van der Waals surface area contributed by atoms with Crippen LogP contribution in [-0.2, 0) is 11.3 Å². The summed E-state index contributed by atoms with van der Waals surface area (Å²) >= 11 is 13.4. The molecule has 4 rings (SSSR count). The minimum Gasteiger partial charge on any atom is -0.495 e. The van der Waals surface area contributed by atoms with Crippen molar-refractivity contribution in [3.05, 3.63) is 38.7 Å². The van der Waals surface area contributed by atoms with E-state index >= 15 is 0 Å². The number of nitrogens with one attached hydrogen (secondary N) is 2. The van der Waals surface area contributed by atoms with Crippen molar-refractivity contribution in [1.82, 2.24) is 24.8 Å². The average molecular weight is 608 g/mol. The number of fused-ring (bicyclic) bond motifs is 1. The molecule has 0 spiro atoms. The van der Waals surface area contributed by atoms with Crippen molar-refractivity contribution in [1.29, 1.82) is 0 Å². The van der Waals surface area contributed by atoms with Gasteiger partial charge in [0.15, 0.2) is 0 Å². The van der Waals surface area contributed by atoms with Gasteiger partial charge in [0.05, 0.1) is 29.8 Å². The van der Waals surface area contributed by atoms with Gasteiger partial charge in [-0.2, -0.15) is 4.98 Å². The number of rotatable bonds is 8. The normalized spacial score (nSPS) is 16.0. The minimum absolute atomic E-state index is 0.0570. The largest absolute Gasteiger partial charge is 0.495 e. The molecule has 13 heteroatoms. The second-order valence-corrected chi connectivity index (χ2v) is 11.6. The van der Waals surface area contributed by atoms with E-state index < -0.39 is 11.7 Å². The number of carbonyl (C=O) groups excluding carboxylic acids is 1. The number of pyridine rings is 1. The lowest BCUT2D eigenvalue weighted by Gasteiger charge is -2.33. The van der Waals surface area contributed by atoms with Gasteiger partial charge in [-0.3, -0.25) is 14.3 Å². The van der Waals surface area contributed by atoms with E-state index in [4.69, 9.17) is 37.4 Å². The summed E-state index contributed by atoms with van der Waals surface area (Å²) in [4.78, 5) is 37.6. The molecule has 1 aliphatic rings. The van der Waals surface area contributed by atoms with E-state index in [0.29, 0.717) is 53.7 Å². The number of likely N-dealkylation sites (tertiary alicyclic amines) is 1. The molecule has 11 nitrogen and oxygen atoms in total. The number of halogens is 2. The molecule has 41 heavy (non-hydrogen) atoms. The number of alkyl carbamates (subject to hydrolysis) is 1. The Morgan fingerprint density at radius 2 is 1.80 bits per heavy atom. The number of aromatic nitrogens is 3. The van der Waals surface area contributed by atoms with Crippen LogP contribution in [0.4, 0.5) is 10.7 Å². The molecule has 3 aromatic rings. The summed E-state index contributed by atoms with van der Waals surface area (Å²) < 4.78 is 17.9. The van der Waals surface area contributed by atoms with Gasteiger partial charge in [0.2, 0.25) is 5.95 Å². The molecule has 0 unspecified atom stereocenters. The fraction of sp³-hybridized carbons (Fsp3) is 0.500. The highest BCUT2D eigenvalue weighted by Crippen LogP contribution is 2.45. The van der Waals surface area contributed by atoms with Crippen molar-refractivity contribution in [2.45, 2.75) is 51.8 Å². The van der Waals surface area contributed by atoms with Gasteiger partial charge in [-0.25, -0.2) is 9.78 Å². The molecule has 222 valence electrons. The molecular formula is C28H36Cl2N6O5. The maximum absolute atomic E-state index is 14.1. The van der Waals surface area contributed by atoms with Crippen molar-refractivity contribution in [2.75, 3.05) is 46.2 Å². The molecule has 3 heterocycles. The number of amides is 1. The van der Waals surface area contributed by atoms with Crippen molar-refractivity contribution in [2.24, 2.45) is 0 Å². The van der Waals surface area contributed by atoms with Crippen LogP contribution in [0.1, 0.15) is 33.6 Å². The van der Waals surface area contributed by atoms with Crippen molar-refractivity contribution in [3.8, 4) is 22.6 Å². The molecular weight excluding hydrogens is 571 g/mol. The van der Waals surface area contributed by atoms with Crippen LogP contribution >= 0.6 is 23.2 Å². The van der Waals surface area contributed by atoms with Crippen LogP contribution in [0.25, 0.3) is 22.2 Å². The van der Waals surface area contributed by atoms with Gasteiger partial charge >= 0.3 is 6.09 Å². The van der Waals surface area contributed by atoms with E-state index in [2.05, 4.69) is 25.5 Å². The summed E-state index contributed by atoms with van der Waals surface area (Å²) in [6.45, 7) is 7.85. The lowest BCUT2D eigenvalue weighted by molar-refractivity contribution is 0.0471. The first-order valence-corrected chi connectivity index (χ1v) is 14.1. The van der Waals surface area contributed by atoms with Crippen LogP contribution in [0, 0.1) is 0 Å². The van der Waals surface area contributed by atoms with Crippen LogP contribution in [0.5, 0.6) is 11.5 Å². The van der Waals surface area contributed by atoms with Crippen molar-refractivity contribution in [3.63, 3.8) is 0 Å². The Hall–Kier alpha value is -3.28. The van der Waals surface area contributed by atoms with Crippen LogP contribution < -0.4 is 25.7 Å². The third-order valence-corrected chi connectivity index (χ3v) is 7.51. The predicted molar refractivity (Wildman–Crippen MR) is 161 cm³/mol. The SMILES string of the molecule is CNc1ncc2cc(-c3c(Cl)c(OC)cc(OC)c3Cl)c(=O)n(CCN3CCC[C@@H](NC(=O)OC(C)(C)C)C3)c2n1. The number of piperidine rings is 1. The number of hydrogen-bond donors (Lipinski definition) is 2. The number of methoxy groups -OCH3 is 2. The maximum Gasteiger partial charge on any atom is 0.407 e. The summed E-state index contributed by atoms with van der Waals surface area (Å²) in [5.74, 6) is 1.04. The quantitative estimate of drug-likeness (QED) is 0.372. The number of nitrogens with zero attached hydrogens (tertiary/aromatic N) is 4. The molecule has 0 radical (unpaired) electrons. The Balaban J connectivity index is 1.70. The Bertz CT molecular complexity index is 1460. The van der Waals surface area contributed by atoms with E-state index in [1.54, 1.807) is 29.9 Å². The maximum atomic E-state index is 14.1. The number of carbonyl (C=O) groups is 1. The zero-order valence-electron chi connectivity index (χ0n) is 24.1. The summed E-state index contributed by atoms with van der Waals surface area (Å²) in [5, 5.41) is 6.93. The van der Waals surface area contributed by atoms with Crippen LogP contribution in [0.15, 0.2) is 23.1 Å². The highest BCUT2D eigenvalue weighted by molar-refractivity contribution is 6.41. The fourth-order valence-corrected chi connectivity index (χ4v) is 5.58. The molecule has 1 atom stereocenters. The topological polar surface area (TPSA) is 120 Å². The van der Waals surface area contributed by atoms with E-state index in [1.807, 2.05) is 20.8 Å². The third-order valence-electron chi connectivity index (χ3n) is 6.76. The zero-order chi connectivity index (χ0) is 29.9. The first-order chi connectivity index (χ1) is 19.4. The Labute approximate surface area is 249 Å². The minimum atomic E-state index is -0.571. The van der Waals surface area contributed by atoms with Gasteiger partial charge in [0.25, 0.3) is 5.56 Å². The Morgan fingerprint density at radius 3 is 2.41 bits per heavy atom. The second-order valence-electron chi connectivity index (χ2n) is 10.8. The zero-order valence-corrected chi connectivity index (χ0v) is 25.6. The van der Waals surface area contributed by atoms with Crippen molar-refractivity contribution < 1.29 is 19.0 Å². The van der Waals surface area contributed by atoms with E-state index in [-0.39, 0.29) is 27.2 Å². The van der Waals surface area contributed by atoms with E-state index in [1.165, 1.54) is 14.2 Å². The average Bonchev–Trinajstić information content (AvgIpc) is 2.92. The molecule has 2 aromatic heterocycles. The Morgan fingerprint density at radius 1 is 1.12 bits per heavy atom.